The molecule has 2 heterocycles. The van der Waals surface area contributed by atoms with Crippen molar-refractivity contribution in [2.24, 2.45) is 0 Å². The van der Waals surface area contributed by atoms with Gasteiger partial charge in [-0.15, -0.1) is 0 Å². The largest absolute Gasteiger partial charge is 0.486 e. The summed E-state index contributed by atoms with van der Waals surface area (Å²) in [6, 6.07) is 7.39. The van der Waals surface area contributed by atoms with Crippen LogP contribution in [0.2, 0.25) is 5.02 Å². The molecule has 4 nitrogen and oxygen atoms in total. The predicted molar refractivity (Wildman–Crippen MR) is 76.0 cm³/mol. The summed E-state index contributed by atoms with van der Waals surface area (Å²) in [5.41, 5.74) is 0.363. The number of rotatable bonds is 2. The highest BCUT2D eigenvalue weighted by atomic mass is 35.5. The third-order valence-electron chi connectivity index (χ3n) is 4.07. The number of nitrogens with one attached hydrogen (secondary N) is 1. The van der Waals surface area contributed by atoms with Crippen molar-refractivity contribution < 1.29 is 9.47 Å². The van der Waals surface area contributed by atoms with Crippen molar-refractivity contribution in [1.29, 1.82) is 5.26 Å². The van der Waals surface area contributed by atoms with Crippen molar-refractivity contribution in [2.75, 3.05) is 19.7 Å². The highest BCUT2D eigenvalue weighted by molar-refractivity contribution is 6.31. The van der Waals surface area contributed by atoms with E-state index in [1.807, 2.05) is 0 Å². The molecule has 5 heteroatoms. The first-order valence-corrected chi connectivity index (χ1v) is 7.30. The van der Waals surface area contributed by atoms with Crippen LogP contribution < -0.4 is 10.1 Å². The molecule has 20 heavy (non-hydrogen) atoms. The zero-order chi connectivity index (χ0) is 14.0. The van der Waals surface area contributed by atoms with Crippen LogP contribution in [-0.4, -0.2) is 31.4 Å². The molecule has 106 valence electrons. The molecule has 3 rings (SSSR count). The number of hydrogen-bond donors (Lipinski definition) is 1. The maximum Gasteiger partial charge on any atom is 0.139 e. The molecule has 1 aromatic rings. The second kappa shape index (κ2) is 5.61. The molecule has 2 saturated heterocycles. The molecule has 2 aliphatic heterocycles. The van der Waals surface area contributed by atoms with Gasteiger partial charge in [0.2, 0.25) is 0 Å². The Hall–Kier alpha value is -1.28. The maximum absolute atomic E-state index is 9.16. The number of ether oxygens (including phenoxy) is 2. The van der Waals surface area contributed by atoms with E-state index >= 15 is 0 Å². The number of nitrogens with zero attached hydrogens (tertiary/aromatic N) is 1. The van der Waals surface area contributed by atoms with E-state index in [-0.39, 0.29) is 11.7 Å². The molecule has 1 aromatic carbocycles. The molecule has 1 N–H and O–H groups in total. The van der Waals surface area contributed by atoms with Crippen LogP contribution in [0.1, 0.15) is 24.8 Å². The smallest absolute Gasteiger partial charge is 0.139 e. The number of piperidine rings is 1. The SMILES string of the molecule is N#Cc1c(Cl)cccc1OC1COC2(CCNCC2)C1. The predicted octanol–water partition coefficient (Wildman–Crippen LogP) is 2.50. The van der Waals surface area contributed by atoms with Crippen molar-refractivity contribution in [3.05, 3.63) is 28.8 Å². The van der Waals surface area contributed by atoms with Crippen LogP contribution in [0.5, 0.6) is 5.75 Å². The Labute approximate surface area is 123 Å². The van der Waals surface area contributed by atoms with E-state index in [4.69, 9.17) is 26.3 Å². The summed E-state index contributed by atoms with van der Waals surface area (Å²) in [5.74, 6) is 0.555. The first-order chi connectivity index (χ1) is 9.72. The van der Waals surface area contributed by atoms with Crippen LogP contribution in [0, 0.1) is 11.3 Å². The van der Waals surface area contributed by atoms with Gasteiger partial charge < -0.3 is 14.8 Å². The highest BCUT2D eigenvalue weighted by Crippen LogP contribution is 2.36. The van der Waals surface area contributed by atoms with Crippen LogP contribution in [0.4, 0.5) is 0 Å². The zero-order valence-electron chi connectivity index (χ0n) is 11.2. The monoisotopic (exact) mass is 292 g/mol. The summed E-state index contributed by atoms with van der Waals surface area (Å²) in [6.45, 7) is 2.57. The third-order valence-corrected chi connectivity index (χ3v) is 4.39. The summed E-state index contributed by atoms with van der Waals surface area (Å²) in [5, 5.41) is 12.9. The molecule has 2 fully saturated rings. The molecular formula is C15H17ClN2O2. The van der Waals surface area contributed by atoms with Crippen LogP contribution >= 0.6 is 11.6 Å². The summed E-state index contributed by atoms with van der Waals surface area (Å²) in [7, 11) is 0. The summed E-state index contributed by atoms with van der Waals surface area (Å²) < 4.78 is 11.9. The molecule has 1 atom stereocenters. The van der Waals surface area contributed by atoms with E-state index in [0.29, 0.717) is 22.9 Å². The van der Waals surface area contributed by atoms with Crippen LogP contribution in [0.15, 0.2) is 18.2 Å². The Balaban J connectivity index is 1.71. The standard InChI is InChI=1S/C15H17ClN2O2/c16-13-2-1-3-14(12(13)9-17)20-11-8-15(19-10-11)4-6-18-7-5-15/h1-3,11,18H,4-8,10H2. The van der Waals surface area contributed by atoms with E-state index in [1.165, 1.54) is 0 Å². The molecule has 0 aromatic heterocycles. The fourth-order valence-electron chi connectivity index (χ4n) is 3.00. The highest BCUT2D eigenvalue weighted by Gasteiger charge is 2.42. The van der Waals surface area contributed by atoms with Crippen LogP contribution in [0.3, 0.4) is 0 Å². The van der Waals surface area contributed by atoms with E-state index in [0.717, 1.165) is 32.4 Å². The number of nitriles is 1. The first-order valence-electron chi connectivity index (χ1n) is 6.92. The van der Waals surface area contributed by atoms with Crippen molar-refractivity contribution in [1.82, 2.24) is 5.32 Å². The normalized spacial score (nSPS) is 24.5. The minimum absolute atomic E-state index is 0.00123. The van der Waals surface area contributed by atoms with E-state index < -0.39 is 0 Å². The lowest BCUT2D eigenvalue weighted by Gasteiger charge is -2.32. The lowest BCUT2D eigenvalue weighted by molar-refractivity contribution is -0.0205. The van der Waals surface area contributed by atoms with Gasteiger partial charge in [0, 0.05) is 6.42 Å². The van der Waals surface area contributed by atoms with E-state index in [1.54, 1.807) is 18.2 Å². The van der Waals surface area contributed by atoms with Gasteiger partial charge in [-0.2, -0.15) is 5.26 Å². The Morgan fingerprint density at radius 3 is 2.95 bits per heavy atom. The number of halogens is 1. The minimum Gasteiger partial charge on any atom is -0.486 e. The molecule has 0 radical (unpaired) electrons. The zero-order valence-corrected chi connectivity index (χ0v) is 11.9. The summed E-state index contributed by atoms with van der Waals surface area (Å²) in [4.78, 5) is 0. The molecule has 0 saturated carbocycles. The fourth-order valence-corrected chi connectivity index (χ4v) is 3.21. The van der Waals surface area contributed by atoms with Gasteiger partial charge in [-0.3, -0.25) is 0 Å². The second-order valence-corrected chi connectivity index (χ2v) is 5.82. The minimum atomic E-state index is -0.0404. The van der Waals surface area contributed by atoms with Crippen LogP contribution in [0.25, 0.3) is 0 Å². The van der Waals surface area contributed by atoms with Gasteiger partial charge in [-0.05, 0) is 38.1 Å². The maximum atomic E-state index is 9.16. The lowest BCUT2D eigenvalue weighted by atomic mass is 9.89. The molecule has 2 aliphatic rings. The average Bonchev–Trinajstić information content (AvgIpc) is 2.82. The lowest BCUT2D eigenvalue weighted by Crippen LogP contribution is -2.41. The van der Waals surface area contributed by atoms with Crippen molar-refractivity contribution >= 4 is 11.6 Å². The summed E-state index contributed by atoms with van der Waals surface area (Å²) >= 11 is 6.02. The third kappa shape index (κ3) is 2.62. The Morgan fingerprint density at radius 2 is 2.20 bits per heavy atom. The topological polar surface area (TPSA) is 54.3 Å². The van der Waals surface area contributed by atoms with Gasteiger partial charge >= 0.3 is 0 Å². The van der Waals surface area contributed by atoms with Crippen molar-refractivity contribution in [2.45, 2.75) is 31.0 Å². The Morgan fingerprint density at radius 1 is 1.40 bits per heavy atom. The number of benzene rings is 1. The van der Waals surface area contributed by atoms with Gasteiger partial charge in [0.1, 0.15) is 23.5 Å². The average molecular weight is 293 g/mol. The van der Waals surface area contributed by atoms with Crippen molar-refractivity contribution in [3.8, 4) is 11.8 Å². The molecule has 0 aliphatic carbocycles. The van der Waals surface area contributed by atoms with Crippen LogP contribution in [-0.2, 0) is 4.74 Å². The number of hydrogen-bond acceptors (Lipinski definition) is 4. The van der Waals surface area contributed by atoms with E-state index in [2.05, 4.69) is 11.4 Å². The molecule has 1 spiro atoms. The van der Waals surface area contributed by atoms with Gasteiger partial charge in [-0.25, -0.2) is 0 Å². The van der Waals surface area contributed by atoms with Gasteiger partial charge in [0.25, 0.3) is 0 Å². The van der Waals surface area contributed by atoms with Crippen molar-refractivity contribution in [3.63, 3.8) is 0 Å². The first kappa shape index (κ1) is 13.7. The Bertz CT molecular complexity index is 535. The molecular weight excluding hydrogens is 276 g/mol. The Kier molecular flexibility index (Phi) is 3.84. The van der Waals surface area contributed by atoms with E-state index in [9.17, 15) is 0 Å². The molecule has 0 bridgehead atoms. The molecule has 0 amide bonds. The van der Waals surface area contributed by atoms with Gasteiger partial charge in [0.05, 0.1) is 17.2 Å². The fraction of sp³-hybridized carbons (Fsp3) is 0.533. The second-order valence-electron chi connectivity index (χ2n) is 5.41. The molecule has 1 unspecified atom stereocenters. The summed E-state index contributed by atoms with van der Waals surface area (Å²) in [6.07, 6.45) is 2.92. The quantitative estimate of drug-likeness (QED) is 0.910. The van der Waals surface area contributed by atoms with Gasteiger partial charge in [-0.1, -0.05) is 17.7 Å². The van der Waals surface area contributed by atoms with Gasteiger partial charge in [0.15, 0.2) is 0 Å².